The van der Waals surface area contributed by atoms with Crippen molar-refractivity contribution in [2.45, 2.75) is 51.9 Å². The van der Waals surface area contributed by atoms with Gasteiger partial charge < -0.3 is 19.9 Å². The van der Waals surface area contributed by atoms with Crippen LogP contribution in [0.3, 0.4) is 0 Å². The number of rotatable bonds is 6. The lowest BCUT2D eigenvalue weighted by atomic mass is 9.97. The molecule has 2 aromatic carbocycles. The highest BCUT2D eigenvalue weighted by Crippen LogP contribution is 2.21. The largest absolute Gasteiger partial charge is 0.467 e. The molecule has 2 aromatic rings. The average Bonchev–Trinajstić information content (AvgIpc) is 2.65. The van der Waals surface area contributed by atoms with E-state index in [-0.39, 0.29) is 6.42 Å². The van der Waals surface area contributed by atoms with Crippen LogP contribution >= 0.6 is 0 Å². The summed E-state index contributed by atoms with van der Waals surface area (Å²) in [7, 11) is 1.19. The molecule has 2 rings (SSSR count). The smallest absolute Gasteiger partial charge is 0.407 e. The molecule has 0 aliphatic rings. The Morgan fingerprint density at radius 2 is 1.72 bits per heavy atom. The number of hydrogen-bond acceptors (Lipinski definition) is 5. The SMILES string of the molecule is COC(=O)C(O)C(Cc1ccc(-c2cccc(C)c2)cc1)NC(=O)OC(C)(C)C. The van der Waals surface area contributed by atoms with Crippen molar-refractivity contribution in [2.24, 2.45) is 0 Å². The first-order valence-corrected chi connectivity index (χ1v) is 9.50. The predicted octanol–water partition coefficient (Wildman–Crippen LogP) is 3.63. The van der Waals surface area contributed by atoms with Crippen LogP contribution in [0.4, 0.5) is 4.79 Å². The van der Waals surface area contributed by atoms with Gasteiger partial charge in [0.25, 0.3) is 0 Å². The molecule has 0 aromatic heterocycles. The van der Waals surface area contributed by atoms with Gasteiger partial charge in [-0.1, -0.05) is 54.1 Å². The Morgan fingerprint density at radius 1 is 1.07 bits per heavy atom. The molecule has 2 unspecified atom stereocenters. The molecule has 0 saturated heterocycles. The minimum Gasteiger partial charge on any atom is -0.467 e. The number of carbonyl (C=O) groups excluding carboxylic acids is 2. The normalized spacial score (nSPS) is 13.3. The molecule has 0 fully saturated rings. The van der Waals surface area contributed by atoms with E-state index >= 15 is 0 Å². The highest BCUT2D eigenvalue weighted by Gasteiger charge is 2.30. The van der Waals surface area contributed by atoms with Crippen LogP contribution in [0.15, 0.2) is 48.5 Å². The molecular formula is C23H29NO5. The van der Waals surface area contributed by atoms with Crippen molar-refractivity contribution in [3.63, 3.8) is 0 Å². The molecule has 0 aliphatic carbocycles. The zero-order valence-corrected chi connectivity index (χ0v) is 17.6. The number of hydrogen-bond donors (Lipinski definition) is 2. The maximum absolute atomic E-state index is 12.1. The summed E-state index contributed by atoms with van der Waals surface area (Å²) in [5, 5.41) is 12.9. The van der Waals surface area contributed by atoms with E-state index in [4.69, 9.17) is 4.74 Å². The van der Waals surface area contributed by atoms with Gasteiger partial charge in [-0.05, 0) is 50.8 Å². The van der Waals surface area contributed by atoms with Crippen LogP contribution in [0.25, 0.3) is 11.1 Å². The second-order valence-electron chi connectivity index (χ2n) is 7.99. The molecule has 0 spiro atoms. The minimum atomic E-state index is -1.51. The molecule has 2 atom stereocenters. The Hall–Kier alpha value is -2.86. The van der Waals surface area contributed by atoms with Crippen molar-refractivity contribution < 1.29 is 24.2 Å². The third kappa shape index (κ3) is 6.91. The average molecular weight is 399 g/mol. The van der Waals surface area contributed by atoms with Gasteiger partial charge in [0.2, 0.25) is 0 Å². The molecule has 156 valence electrons. The number of methoxy groups -OCH3 is 1. The van der Waals surface area contributed by atoms with Crippen LogP contribution in [-0.2, 0) is 20.7 Å². The van der Waals surface area contributed by atoms with Crippen molar-refractivity contribution in [1.29, 1.82) is 0 Å². The summed E-state index contributed by atoms with van der Waals surface area (Å²) in [4.78, 5) is 24.0. The Morgan fingerprint density at radius 3 is 2.28 bits per heavy atom. The molecular weight excluding hydrogens is 370 g/mol. The summed E-state index contributed by atoms with van der Waals surface area (Å²) in [5.74, 6) is -0.817. The van der Waals surface area contributed by atoms with E-state index in [0.717, 1.165) is 16.7 Å². The fraction of sp³-hybridized carbons (Fsp3) is 0.391. The molecule has 0 saturated carbocycles. The monoisotopic (exact) mass is 399 g/mol. The van der Waals surface area contributed by atoms with Crippen LogP contribution in [0.2, 0.25) is 0 Å². The number of aryl methyl sites for hydroxylation is 1. The fourth-order valence-electron chi connectivity index (χ4n) is 2.90. The number of nitrogens with one attached hydrogen (secondary N) is 1. The van der Waals surface area contributed by atoms with Crippen LogP contribution in [0, 0.1) is 6.92 Å². The molecule has 29 heavy (non-hydrogen) atoms. The minimum absolute atomic E-state index is 0.240. The quantitative estimate of drug-likeness (QED) is 0.725. The Bertz CT molecular complexity index is 839. The third-order valence-corrected chi connectivity index (χ3v) is 4.29. The molecule has 0 bridgehead atoms. The lowest BCUT2D eigenvalue weighted by molar-refractivity contribution is -0.151. The number of alkyl carbamates (subject to hydrolysis) is 1. The predicted molar refractivity (Wildman–Crippen MR) is 111 cm³/mol. The van der Waals surface area contributed by atoms with Gasteiger partial charge in [-0.3, -0.25) is 0 Å². The summed E-state index contributed by atoms with van der Waals surface area (Å²) in [6, 6.07) is 15.1. The molecule has 0 heterocycles. The summed E-state index contributed by atoms with van der Waals surface area (Å²) in [6.07, 6.45) is -1.98. The number of aliphatic hydroxyl groups is 1. The van der Waals surface area contributed by atoms with Gasteiger partial charge >= 0.3 is 12.1 Å². The molecule has 0 aliphatic heterocycles. The highest BCUT2D eigenvalue weighted by atomic mass is 16.6. The maximum Gasteiger partial charge on any atom is 0.407 e. The lowest BCUT2D eigenvalue weighted by Gasteiger charge is -2.25. The van der Waals surface area contributed by atoms with E-state index in [2.05, 4.69) is 16.1 Å². The summed E-state index contributed by atoms with van der Waals surface area (Å²) < 4.78 is 9.86. The zero-order chi connectivity index (χ0) is 21.6. The Kier molecular flexibility index (Phi) is 7.40. The number of benzene rings is 2. The Labute approximate surface area is 171 Å². The van der Waals surface area contributed by atoms with E-state index in [1.165, 1.54) is 12.7 Å². The summed E-state index contributed by atoms with van der Waals surface area (Å²) >= 11 is 0. The van der Waals surface area contributed by atoms with Gasteiger partial charge in [0.15, 0.2) is 6.10 Å². The molecule has 6 heteroatoms. The second-order valence-corrected chi connectivity index (χ2v) is 7.99. The number of aliphatic hydroxyl groups excluding tert-OH is 1. The van der Waals surface area contributed by atoms with Crippen LogP contribution in [0.5, 0.6) is 0 Å². The van der Waals surface area contributed by atoms with E-state index in [9.17, 15) is 14.7 Å². The number of carbonyl (C=O) groups is 2. The summed E-state index contributed by atoms with van der Waals surface area (Å²) in [5.41, 5.74) is 3.50. The van der Waals surface area contributed by atoms with E-state index in [1.54, 1.807) is 20.8 Å². The van der Waals surface area contributed by atoms with Crippen molar-refractivity contribution >= 4 is 12.1 Å². The number of ether oxygens (including phenoxy) is 2. The lowest BCUT2D eigenvalue weighted by Crippen LogP contribution is -2.50. The van der Waals surface area contributed by atoms with E-state index < -0.39 is 29.8 Å². The highest BCUT2D eigenvalue weighted by molar-refractivity contribution is 5.77. The van der Waals surface area contributed by atoms with Gasteiger partial charge in [-0.2, -0.15) is 0 Å². The first kappa shape index (κ1) is 22.4. The topological polar surface area (TPSA) is 84.9 Å². The van der Waals surface area contributed by atoms with Crippen molar-refractivity contribution in [1.82, 2.24) is 5.32 Å². The van der Waals surface area contributed by atoms with E-state index in [0.29, 0.717) is 0 Å². The third-order valence-electron chi connectivity index (χ3n) is 4.29. The molecule has 0 radical (unpaired) electrons. The van der Waals surface area contributed by atoms with Gasteiger partial charge in [0.05, 0.1) is 13.2 Å². The fourth-order valence-corrected chi connectivity index (χ4v) is 2.90. The van der Waals surface area contributed by atoms with E-state index in [1.807, 2.05) is 49.4 Å². The molecule has 6 nitrogen and oxygen atoms in total. The zero-order valence-electron chi connectivity index (χ0n) is 17.6. The first-order valence-electron chi connectivity index (χ1n) is 9.50. The van der Waals surface area contributed by atoms with Gasteiger partial charge in [0.1, 0.15) is 5.60 Å². The molecule has 1 amide bonds. The number of amides is 1. The van der Waals surface area contributed by atoms with Crippen molar-refractivity contribution in [2.75, 3.05) is 7.11 Å². The van der Waals surface area contributed by atoms with Crippen molar-refractivity contribution in [3.05, 3.63) is 59.7 Å². The first-order chi connectivity index (χ1) is 13.6. The number of esters is 1. The van der Waals surface area contributed by atoms with Crippen molar-refractivity contribution in [3.8, 4) is 11.1 Å². The van der Waals surface area contributed by atoms with Gasteiger partial charge in [-0.25, -0.2) is 9.59 Å². The van der Waals surface area contributed by atoms with Crippen LogP contribution in [-0.4, -0.2) is 42.0 Å². The Balaban J connectivity index is 2.17. The summed E-state index contributed by atoms with van der Waals surface area (Å²) in [6.45, 7) is 7.26. The van der Waals surface area contributed by atoms with Gasteiger partial charge in [-0.15, -0.1) is 0 Å². The second kappa shape index (κ2) is 9.56. The molecule has 2 N–H and O–H groups in total. The van der Waals surface area contributed by atoms with Gasteiger partial charge in [0, 0.05) is 0 Å². The maximum atomic E-state index is 12.1. The van der Waals surface area contributed by atoms with Crippen LogP contribution in [0.1, 0.15) is 31.9 Å². The van der Waals surface area contributed by atoms with Crippen LogP contribution < -0.4 is 5.32 Å². The standard InChI is InChI=1S/C23H29NO5/c1-15-7-6-8-18(13-15)17-11-9-16(10-12-17)14-19(20(25)21(26)28-5)24-22(27)29-23(2,3)4/h6-13,19-20,25H,14H2,1-5H3,(H,24,27).